The first-order chi connectivity index (χ1) is 8.41. The molecule has 0 unspecified atom stereocenters. The van der Waals surface area contributed by atoms with Crippen molar-refractivity contribution in [3.8, 4) is 11.8 Å². The molecule has 0 atom stereocenters. The number of carbonyl (C=O) groups excluding carboxylic acids is 1. The van der Waals surface area contributed by atoms with E-state index in [0.717, 1.165) is 17.8 Å². The van der Waals surface area contributed by atoms with Gasteiger partial charge in [-0.2, -0.15) is 0 Å². The highest BCUT2D eigenvalue weighted by Crippen LogP contribution is 2.24. The Morgan fingerprint density at radius 3 is 2.94 bits per heavy atom. The van der Waals surface area contributed by atoms with Gasteiger partial charge in [-0.25, -0.2) is 4.98 Å². The highest BCUT2D eigenvalue weighted by atomic mass is 35.5. The first-order valence-corrected chi connectivity index (χ1v) is 6.01. The van der Waals surface area contributed by atoms with E-state index in [1.54, 1.807) is 0 Å². The maximum absolute atomic E-state index is 10.7. The molecule has 2 N–H and O–H groups in total. The fourth-order valence-corrected chi connectivity index (χ4v) is 1.54. The smallest absolute Gasteiger partial charge is 0.312 e. The zero-order valence-corrected chi connectivity index (χ0v) is 10.8. The summed E-state index contributed by atoms with van der Waals surface area (Å²) < 4.78 is 0. The monoisotopic (exact) mass is 285 g/mol. The molecule has 0 bridgehead atoms. The van der Waals surface area contributed by atoms with Gasteiger partial charge in [-0.15, -0.1) is 0 Å². The van der Waals surface area contributed by atoms with Gasteiger partial charge in [0.25, 0.3) is 0 Å². The summed E-state index contributed by atoms with van der Waals surface area (Å²) in [5.74, 6) is 5.30. The fourth-order valence-electron chi connectivity index (χ4n) is 0.996. The predicted molar refractivity (Wildman–Crippen MR) is 70.3 cm³/mol. The number of rotatable bonds is 2. The minimum absolute atomic E-state index is 0.00146. The van der Waals surface area contributed by atoms with E-state index in [4.69, 9.17) is 17.3 Å². The summed E-state index contributed by atoms with van der Waals surface area (Å²) in [6, 6.07) is 1.16. The number of pyridine rings is 1. The van der Waals surface area contributed by atoms with E-state index in [1.807, 2.05) is 0 Å². The van der Waals surface area contributed by atoms with Gasteiger partial charge >= 0.3 is 5.69 Å². The quantitative estimate of drug-likeness (QED) is 0.385. The van der Waals surface area contributed by atoms with Gasteiger partial charge in [0.05, 0.1) is 16.2 Å². The third kappa shape index (κ3) is 3.91. The van der Waals surface area contributed by atoms with Gasteiger partial charge < -0.3 is 5.73 Å². The number of hydrogen-bond acceptors (Lipinski definition) is 6. The number of nitro groups is 1. The molecule has 1 aromatic rings. The van der Waals surface area contributed by atoms with E-state index in [9.17, 15) is 14.9 Å². The molecule has 0 aliphatic rings. The largest absolute Gasteiger partial charge is 0.378 e. The van der Waals surface area contributed by atoms with Gasteiger partial charge in [-0.3, -0.25) is 14.9 Å². The number of halogens is 1. The third-order valence-corrected chi connectivity index (χ3v) is 2.74. The van der Waals surface area contributed by atoms with Crippen molar-refractivity contribution >= 4 is 40.0 Å². The summed E-state index contributed by atoms with van der Waals surface area (Å²) in [7, 11) is 0. The van der Waals surface area contributed by atoms with E-state index in [2.05, 4.69) is 16.8 Å². The van der Waals surface area contributed by atoms with Gasteiger partial charge in [0.1, 0.15) is 5.15 Å². The number of aromatic nitrogens is 1. The molecule has 94 valence electrons. The Kier molecular flexibility index (Phi) is 4.95. The molecule has 0 spiro atoms. The van der Waals surface area contributed by atoms with E-state index < -0.39 is 4.92 Å². The van der Waals surface area contributed by atoms with Crippen molar-refractivity contribution in [3.05, 3.63) is 26.9 Å². The lowest BCUT2D eigenvalue weighted by Gasteiger charge is -1.99. The van der Waals surface area contributed by atoms with Crippen LogP contribution in [0.2, 0.25) is 5.15 Å². The van der Waals surface area contributed by atoms with Gasteiger partial charge in [0.2, 0.25) is 5.82 Å². The molecular formula is C10H8ClN3O3S. The highest BCUT2D eigenvalue weighted by Gasteiger charge is 2.15. The van der Waals surface area contributed by atoms with Crippen molar-refractivity contribution in [2.45, 2.75) is 6.92 Å². The summed E-state index contributed by atoms with van der Waals surface area (Å²) in [6.45, 7) is 1.43. The average molecular weight is 286 g/mol. The Balaban J connectivity index is 2.98. The average Bonchev–Trinajstić information content (AvgIpc) is 2.25. The number of anilines is 1. The second kappa shape index (κ2) is 6.23. The summed E-state index contributed by atoms with van der Waals surface area (Å²) in [5.41, 5.74) is 5.22. The topological polar surface area (TPSA) is 99.1 Å². The first-order valence-electron chi connectivity index (χ1n) is 4.64. The van der Waals surface area contributed by atoms with Gasteiger partial charge in [0.15, 0.2) is 5.12 Å². The van der Waals surface area contributed by atoms with E-state index in [1.165, 1.54) is 6.92 Å². The molecule has 1 aromatic heterocycles. The minimum atomic E-state index is -0.659. The van der Waals surface area contributed by atoms with Crippen molar-refractivity contribution in [1.82, 2.24) is 4.98 Å². The van der Waals surface area contributed by atoms with Crippen LogP contribution < -0.4 is 5.73 Å². The Morgan fingerprint density at radius 2 is 2.39 bits per heavy atom. The minimum Gasteiger partial charge on any atom is -0.378 e. The zero-order valence-electron chi connectivity index (χ0n) is 9.27. The summed E-state index contributed by atoms with van der Waals surface area (Å²) in [6.07, 6.45) is 0. The summed E-state index contributed by atoms with van der Waals surface area (Å²) in [5, 5.41) is 10.6. The Morgan fingerprint density at radius 1 is 1.72 bits per heavy atom. The van der Waals surface area contributed by atoms with Crippen molar-refractivity contribution < 1.29 is 9.72 Å². The second-order valence-corrected chi connectivity index (χ2v) is 4.58. The molecule has 0 saturated carbocycles. The second-order valence-electron chi connectivity index (χ2n) is 3.07. The van der Waals surface area contributed by atoms with Crippen molar-refractivity contribution in [1.29, 1.82) is 0 Å². The van der Waals surface area contributed by atoms with Crippen LogP contribution in [0.3, 0.4) is 0 Å². The van der Waals surface area contributed by atoms with Crippen LogP contribution in [0.5, 0.6) is 0 Å². The Bertz CT molecular complexity index is 565. The van der Waals surface area contributed by atoms with Crippen LogP contribution in [0.15, 0.2) is 6.07 Å². The Labute approximate surface area is 112 Å². The van der Waals surface area contributed by atoms with Crippen LogP contribution >= 0.6 is 23.4 Å². The van der Waals surface area contributed by atoms with Crippen LogP contribution in [-0.4, -0.2) is 20.8 Å². The van der Waals surface area contributed by atoms with Gasteiger partial charge in [-0.05, 0) is 0 Å². The predicted octanol–water partition coefficient (Wildman–Crippen LogP) is 1.86. The van der Waals surface area contributed by atoms with E-state index in [0.29, 0.717) is 0 Å². The molecule has 0 radical (unpaired) electrons. The maximum atomic E-state index is 10.7. The molecule has 18 heavy (non-hydrogen) atoms. The van der Waals surface area contributed by atoms with E-state index >= 15 is 0 Å². The number of nitrogens with two attached hydrogens (primary N) is 1. The third-order valence-electron chi connectivity index (χ3n) is 1.75. The number of nitrogens with zero attached hydrogens (tertiary/aromatic N) is 2. The zero-order chi connectivity index (χ0) is 13.7. The van der Waals surface area contributed by atoms with Crippen LogP contribution in [0.1, 0.15) is 12.5 Å². The lowest BCUT2D eigenvalue weighted by atomic mass is 10.2. The van der Waals surface area contributed by atoms with E-state index in [-0.39, 0.29) is 33.1 Å². The molecule has 0 aromatic carbocycles. The molecule has 0 amide bonds. The molecule has 0 saturated heterocycles. The molecule has 0 fully saturated rings. The molecular weight excluding hydrogens is 278 g/mol. The van der Waals surface area contributed by atoms with Crippen LogP contribution in [0.4, 0.5) is 11.5 Å². The Hall–Kier alpha value is -1.78. The SMILES string of the molecule is CC(=O)SCC#Cc1cc([N+](=O)[O-])c(N)nc1Cl. The van der Waals surface area contributed by atoms with Crippen molar-refractivity contribution in [2.24, 2.45) is 0 Å². The molecule has 8 heteroatoms. The van der Waals surface area contributed by atoms with Crippen molar-refractivity contribution in [2.75, 3.05) is 11.5 Å². The van der Waals surface area contributed by atoms with Crippen molar-refractivity contribution in [3.63, 3.8) is 0 Å². The fraction of sp³-hybridized carbons (Fsp3) is 0.200. The lowest BCUT2D eigenvalue weighted by Crippen LogP contribution is -2.00. The summed E-state index contributed by atoms with van der Waals surface area (Å²) in [4.78, 5) is 24.3. The number of nitrogen functional groups attached to an aromatic ring is 1. The number of thioether (sulfide) groups is 1. The van der Waals surface area contributed by atoms with Crippen LogP contribution in [0.25, 0.3) is 0 Å². The molecule has 1 heterocycles. The normalized spacial score (nSPS) is 9.44. The molecule has 6 nitrogen and oxygen atoms in total. The number of hydrogen-bond donors (Lipinski definition) is 1. The number of carbonyl (C=O) groups is 1. The van der Waals surface area contributed by atoms with Crippen LogP contribution in [-0.2, 0) is 4.79 Å². The molecule has 0 aliphatic carbocycles. The standard InChI is InChI=1S/C10H8ClN3O3S/c1-6(15)18-4-2-3-7-5-8(14(16)17)10(12)13-9(7)11/h5H,4H2,1H3,(H2,12,13). The van der Waals surface area contributed by atoms with Gasteiger partial charge in [0, 0.05) is 13.0 Å². The summed E-state index contributed by atoms with van der Waals surface area (Å²) >= 11 is 6.79. The van der Waals surface area contributed by atoms with Gasteiger partial charge in [-0.1, -0.05) is 35.2 Å². The molecule has 0 aliphatic heterocycles. The highest BCUT2D eigenvalue weighted by molar-refractivity contribution is 8.13. The lowest BCUT2D eigenvalue weighted by molar-refractivity contribution is -0.384. The molecule has 1 rings (SSSR count). The first kappa shape index (κ1) is 14.3. The van der Waals surface area contributed by atoms with Crippen LogP contribution in [0, 0.1) is 22.0 Å². The maximum Gasteiger partial charge on any atom is 0.312 e.